The highest BCUT2D eigenvalue weighted by Gasteiger charge is 2.19. The molecule has 0 saturated heterocycles. The molecule has 6 nitrogen and oxygen atoms in total. The summed E-state index contributed by atoms with van der Waals surface area (Å²) in [7, 11) is -2.27. The molecule has 1 N–H and O–H groups in total. The van der Waals surface area contributed by atoms with Crippen LogP contribution in [0.3, 0.4) is 0 Å². The van der Waals surface area contributed by atoms with Crippen molar-refractivity contribution in [3.8, 4) is 0 Å². The summed E-state index contributed by atoms with van der Waals surface area (Å²) in [5, 5.41) is 0.313. The minimum absolute atomic E-state index is 0.0586. The molecule has 2 aromatic carbocycles. The number of amides is 1. The predicted molar refractivity (Wildman–Crippen MR) is 108 cm³/mol. The van der Waals surface area contributed by atoms with Gasteiger partial charge in [-0.1, -0.05) is 23.2 Å². The number of halogens is 2. The van der Waals surface area contributed by atoms with E-state index in [9.17, 15) is 13.2 Å². The first-order valence-electron chi connectivity index (χ1n) is 8.12. The van der Waals surface area contributed by atoms with Crippen molar-refractivity contribution in [1.29, 1.82) is 0 Å². The lowest BCUT2D eigenvalue weighted by Crippen LogP contribution is -2.26. The van der Waals surface area contributed by atoms with Crippen LogP contribution in [0.5, 0.6) is 0 Å². The van der Waals surface area contributed by atoms with Gasteiger partial charge in [0.05, 0.1) is 17.8 Å². The van der Waals surface area contributed by atoms with Gasteiger partial charge < -0.3 is 9.32 Å². The number of nitrogens with one attached hydrogen (secondary N) is 1. The molecular formula is C19H16Cl2N2O4S. The molecular weight excluding hydrogens is 423 g/mol. The highest BCUT2D eigenvalue weighted by Crippen LogP contribution is 2.27. The molecule has 1 amide bonds. The summed E-state index contributed by atoms with van der Waals surface area (Å²) in [6, 6.07) is 13.8. The molecule has 0 radical (unpaired) electrons. The molecule has 1 heterocycles. The molecule has 0 spiro atoms. The van der Waals surface area contributed by atoms with Gasteiger partial charge >= 0.3 is 0 Å². The maximum absolute atomic E-state index is 12.5. The fourth-order valence-electron chi connectivity index (χ4n) is 2.50. The van der Waals surface area contributed by atoms with Gasteiger partial charge in [-0.05, 0) is 54.6 Å². The Morgan fingerprint density at radius 3 is 2.46 bits per heavy atom. The van der Waals surface area contributed by atoms with Gasteiger partial charge in [0, 0.05) is 23.3 Å². The molecule has 146 valence electrons. The number of sulfonamides is 1. The van der Waals surface area contributed by atoms with Crippen LogP contribution in [-0.4, -0.2) is 26.3 Å². The highest BCUT2D eigenvalue weighted by molar-refractivity contribution is 7.92. The molecule has 0 atom stereocenters. The summed E-state index contributed by atoms with van der Waals surface area (Å²) < 4.78 is 32.7. The van der Waals surface area contributed by atoms with Gasteiger partial charge in [0.15, 0.2) is 0 Å². The van der Waals surface area contributed by atoms with E-state index in [1.165, 1.54) is 35.2 Å². The first-order valence-corrected chi connectivity index (χ1v) is 10.4. The zero-order chi connectivity index (χ0) is 20.3. The van der Waals surface area contributed by atoms with Crippen LogP contribution >= 0.6 is 23.2 Å². The quantitative estimate of drug-likeness (QED) is 0.606. The molecule has 0 aliphatic rings. The summed E-state index contributed by atoms with van der Waals surface area (Å²) in [5.41, 5.74) is 0.707. The standard InChI is InChI=1S/C19H16Cl2N2O4S/c1-23(12-16-3-2-10-27-16)19(24)13-4-7-15(8-5-13)22-28(25,26)18-11-14(20)6-9-17(18)21/h2-11,22H,12H2,1H3. The lowest BCUT2D eigenvalue weighted by molar-refractivity contribution is 0.0775. The predicted octanol–water partition coefficient (Wildman–Crippen LogP) is 4.66. The SMILES string of the molecule is CN(Cc1ccco1)C(=O)c1ccc(NS(=O)(=O)c2cc(Cl)ccc2Cl)cc1. The van der Waals surface area contributed by atoms with Crippen LogP contribution in [0.15, 0.2) is 70.2 Å². The molecule has 0 bridgehead atoms. The van der Waals surface area contributed by atoms with E-state index in [4.69, 9.17) is 27.6 Å². The van der Waals surface area contributed by atoms with E-state index in [0.717, 1.165) is 0 Å². The third kappa shape index (κ3) is 4.67. The van der Waals surface area contributed by atoms with Crippen LogP contribution in [-0.2, 0) is 16.6 Å². The number of nitrogens with zero attached hydrogens (tertiary/aromatic N) is 1. The Hall–Kier alpha value is -2.48. The van der Waals surface area contributed by atoms with Crippen LogP contribution in [0.4, 0.5) is 5.69 Å². The Balaban J connectivity index is 1.73. The van der Waals surface area contributed by atoms with E-state index in [1.54, 1.807) is 37.6 Å². The van der Waals surface area contributed by atoms with Gasteiger partial charge in [0.1, 0.15) is 10.7 Å². The van der Waals surface area contributed by atoms with Crippen molar-refractivity contribution in [2.24, 2.45) is 0 Å². The van der Waals surface area contributed by atoms with Gasteiger partial charge in [-0.3, -0.25) is 9.52 Å². The van der Waals surface area contributed by atoms with Crippen molar-refractivity contribution in [1.82, 2.24) is 4.90 Å². The normalized spacial score (nSPS) is 11.2. The number of carbonyl (C=O) groups is 1. The van der Waals surface area contributed by atoms with Crippen LogP contribution < -0.4 is 4.72 Å². The fraction of sp³-hybridized carbons (Fsp3) is 0.105. The lowest BCUT2D eigenvalue weighted by atomic mass is 10.2. The summed E-state index contributed by atoms with van der Waals surface area (Å²) in [6.07, 6.45) is 1.54. The molecule has 3 aromatic rings. The Bertz CT molecular complexity index is 1080. The Morgan fingerprint density at radius 1 is 1.11 bits per heavy atom. The maximum atomic E-state index is 12.5. The molecule has 9 heteroatoms. The number of rotatable bonds is 6. The number of carbonyl (C=O) groups excluding carboxylic acids is 1. The average Bonchev–Trinajstić information content (AvgIpc) is 3.16. The Kier molecular flexibility index (Phi) is 5.98. The van der Waals surface area contributed by atoms with Gasteiger partial charge in [0.2, 0.25) is 0 Å². The average molecular weight is 439 g/mol. The summed E-state index contributed by atoms with van der Waals surface area (Å²) in [4.78, 5) is 13.9. The monoisotopic (exact) mass is 438 g/mol. The highest BCUT2D eigenvalue weighted by atomic mass is 35.5. The molecule has 0 saturated carbocycles. The van der Waals surface area contributed by atoms with Gasteiger partial charge in [-0.25, -0.2) is 8.42 Å². The topological polar surface area (TPSA) is 79.6 Å². The van der Waals surface area contributed by atoms with Gasteiger partial charge in [0.25, 0.3) is 15.9 Å². The van der Waals surface area contributed by atoms with Crippen LogP contribution in [0.1, 0.15) is 16.1 Å². The molecule has 0 aliphatic carbocycles. The first kappa shape index (κ1) is 20.3. The second-order valence-electron chi connectivity index (χ2n) is 6.00. The minimum atomic E-state index is -3.92. The first-order chi connectivity index (χ1) is 13.3. The molecule has 1 aromatic heterocycles. The zero-order valence-electron chi connectivity index (χ0n) is 14.7. The van der Waals surface area contributed by atoms with Crippen LogP contribution in [0.25, 0.3) is 0 Å². The molecule has 3 rings (SSSR count). The molecule has 0 fully saturated rings. The molecule has 0 aliphatic heterocycles. The minimum Gasteiger partial charge on any atom is -0.467 e. The zero-order valence-corrected chi connectivity index (χ0v) is 17.1. The van der Waals surface area contributed by atoms with Gasteiger partial charge in [-0.15, -0.1) is 0 Å². The number of hydrogen-bond donors (Lipinski definition) is 1. The Morgan fingerprint density at radius 2 is 1.82 bits per heavy atom. The number of benzene rings is 2. The smallest absolute Gasteiger partial charge is 0.263 e. The molecule has 28 heavy (non-hydrogen) atoms. The van der Waals surface area contributed by atoms with Crippen LogP contribution in [0, 0.1) is 0 Å². The van der Waals surface area contributed by atoms with E-state index in [2.05, 4.69) is 4.72 Å². The largest absolute Gasteiger partial charge is 0.467 e. The number of anilines is 1. The molecule has 0 unspecified atom stereocenters. The van der Waals surface area contributed by atoms with Crippen molar-refractivity contribution in [3.63, 3.8) is 0 Å². The van der Waals surface area contributed by atoms with Crippen molar-refractivity contribution in [2.75, 3.05) is 11.8 Å². The number of hydrogen-bond acceptors (Lipinski definition) is 4. The number of furan rings is 1. The Labute approximate surface area is 172 Å². The summed E-state index contributed by atoms with van der Waals surface area (Å²) in [6.45, 7) is 0.327. The van der Waals surface area contributed by atoms with Gasteiger partial charge in [-0.2, -0.15) is 0 Å². The second kappa shape index (κ2) is 8.26. The van der Waals surface area contributed by atoms with E-state index in [-0.39, 0.29) is 20.8 Å². The van der Waals surface area contributed by atoms with E-state index in [1.807, 2.05) is 0 Å². The van der Waals surface area contributed by atoms with Crippen molar-refractivity contribution in [3.05, 3.63) is 82.2 Å². The van der Waals surface area contributed by atoms with E-state index < -0.39 is 10.0 Å². The van der Waals surface area contributed by atoms with Crippen molar-refractivity contribution in [2.45, 2.75) is 11.4 Å². The fourth-order valence-corrected chi connectivity index (χ4v) is 4.32. The van der Waals surface area contributed by atoms with E-state index in [0.29, 0.717) is 23.6 Å². The second-order valence-corrected chi connectivity index (χ2v) is 8.49. The van der Waals surface area contributed by atoms with E-state index >= 15 is 0 Å². The lowest BCUT2D eigenvalue weighted by Gasteiger charge is -2.16. The summed E-state index contributed by atoms with van der Waals surface area (Å²) >= 11 is 11.8. The van der Waals surface area contributed by atoms with Crippen LogP contribution in [0.2, 0.25) is 10.0 Å². The van der Waals surface area contributed by atoms with Crippen molar-refractivity contribution >= 4 is 44.8 Å². The third-order valence-electron chi connectivity index (χ3n) is 3.89. The maximum Gasteiger partial charge on any atom is 0.263 e. The summed E-state index contributed by atoms with van der Waals surface area (Å²) in [5.74, 6) is 0.447. The third-order valence-corrected chi connectivity index (χ3v) is 5.98. The van der Waals surface area contributed by atoms with Crippen molar-refractivity contribution < 1.29 is 17.6 Å².